The highest BCUT2D eigenvalue weighted by Gasteiger charge is 2.22. The summed E-state index contributed by atoms with van der Waals surface area (Å²) in [7, 11) is 0. The van der Waals surface area contributed by atoms with Crippen molar-refractivity contribution in [3.05, 3.63) is 23.8 Å². The molecule has 0 spiro atoms. The van der Waals surface area contributed by atoms with Crippen molar-refractivity contribution in [3.8, 4) is 11.5 Å². The van der Waals surface area contributed by atoms with E-state index < -0.39 is 0 Å². The molecule has 0 amide bonds. The maximum atomic E-state index is 9.42. The summed E-state index contributed by atoms with van der Waals surface area (Å²) in [5.41, 5.74) is 0.787. The molecule has 2 N–H and O–H groups in total. The standard InChI is InChI=1S/C14H20N2O2/c1-10-4-3-5-11(2)16(10)15-9-12-6-7-13(17)14(18)8-12/h6-11,17-18H,3-5H2,1-2H3/b15-9+/t10-,11+. The molecule has 1 fully saturated rings. The zero-order chi connectivity index (χ0) is 13.1. The maximum absolute atomic E-state index is 9.42. The van der Waals surface area contributed by atoms with E-state index in [2.05, 4.69) is 24.0 Å². The predicted octanol–water partition coefficient (Wildman–Crippen LogP) is 2.69. The lowest BCUT2D eigenvalue weighted by atomic mass is 10.00. The molecule has 1 saturated heterocycles. The van der Waals surface area contributed by atoms with Gasteiger partial charge in [-0.3, -0.25) is 5.01 Å². The van der Waals surface area contributed by atoms with E-state index in [4.69, 9.17) is 0 Å². The van der Waals surface area contributed by atoms with E-state index in [0.29, 0.717) is 12.1 Å². The number of rotatable bonds is 2. The molecule has 0 radical (unpaired) electrons. The number of hydrogen-bond acceptors (Lipinski definition) is 4. The Balaban J connectivity index is 2.11. The first-order valence-corrected chi connectivity index (χ1v) is 6.42. The summed E-state index contributed by atoms with van der Waals surface area (Å²) in [5.74, 6) is -0.217. The van der Waals surface area contributed by atoms with E-state index in [1.54, 1.807) is 12.3 Å². The lowest BCUT2D eigenvalue weighted by Gasteiger charge is -2.36. The third-order valence-electron chi connectivity index (χ3n) is 3.49. The number of benzene rings is 1. The molecule has 4 heteroatoms. The van der Waals surface area contributed by atoms with Crippen molar-refractivity contribution >= 4 is 6.21 Å². The van der Waals surface area contributed by atoms with E-state index in [1.807, 2.05) is 0 Å². The second-order valence-electron chi connectivity index (χ2n) is 5.00. The predicted molar refractivity (Wildman–Crippen MR) is 72.0 cm³/mol. The largest absolute Gasteiger partial charge is 0.504 e. The van der Waals surface area contributed by atoms with Crippen LogP contribution >= 0.6 is 0 Å². The Morgan fingerprint density at radius 2 is 1.83 bits per heavy atom. The maximum Gasteiger partial charge on any atom is 0.158 e. The van der Waals surface area contributed by atoms with Gasteiger partial charge in [-0.05, 0) is 56.9 Å². The number of aromatic hydroxyl groups is 2. The molecule has 0 unspecified atom stereocenters. The van der Waals surface area contributed by atoms with Crippen molar-refractivity contribution in [1.29, 1.82) is 0 Å². The van der Waals surface area contributed by atoms with E-state index in [9.17, 15) is 10.2 Å². The Morgan fingerprint density at radius 1 is 1.17 bits per heavy atom. The van der Waals surface area contributed by atoms with E-state index in [1.165, 1.54) is 31.4 Å². The molecule has 2 rings (SSSR count). The van der Waals surface area contributed by atoms with Gasteiger partial charge in [-0.1, -0.05) is 0 Å². The van der Waals surface area contributed by atoms with Crippen molar-refractivity contribution < 1.29 is 10.2 Å². The highest BCUT2D eigenvalue weighted by atomic mass is 16.3. The van der Waals surface area contributed by atoms with Gasteiger partial charge < -0.3 is 10.2 Å². The quantitative estimate of drug-likeness (QED) is 0.625. The molecule has 1 aromatic rings. The van der Waals surface area contributed by atoms with Gasteiger partial charge in [0.2, 0.25) is 0 Å². The Kier molecular flexibility index (Phi) is 3.75. The lowest BCUT2D eigenvalue weighted by Crippen LogP contribution is -2.39. The molecule has 1 aliphatic heterocycles. The van der Waals surface area contributed by atoms with E-state index >= 15 is 0 Å². The average Bonchev–Trinajstić information content (AvgIpc) is 2.33. The number of nitrogens with zero attached hydrogens (tertiary/aromatic N) is 2. The Morgan fingerprint density at radius 3 is 2.44 bits per heavy atom. The van der Waals surface area contributed by atoms with Crippen molar-refractivity contribution in [2.45, 2.75) is 45.2 Å². The van der Waals surface area contributed by atoms with Crippen LogP contribution in [0.2, 0.25) is 0 Å². The van der Waals surface area contributed by atoms with Gasteiger partial charge in [0.15, 0.2) is 11.5 Å². The minimum absolute atomic E-state index is 0.105. The molecule has 0 bridgehead atoms. The molecule has 1 aromatic carbocycles. The van der Waals surface area contributed by atoms with Gasteiger partial charge in [0.25, 0.3) is 0 Å². The molecular formula is C14H20N2O2. The van der Waals surface area contributed by atoms with Crippen molar-refractivity contribution in [3.63, 3.8) is 0 Å². The van der Waals surface area contributed by atoms with Crippen LogP contribution < -0.4 is 0 Å². The van der Waals surface area contributed by atoms with E-state index in [0.717, 1.165) is 5.56 Å². The normalized spacial score (nSPS) is 24.7. The van der Waals surface area contributed by atoms with Gasteiger partial charge >= 0.3 is 0 Å². The fraction of sp³-hybridized carbons (Fsp3) is 0.500. The highest BCUT2D eigenvalue weighted by molar-refractivity contribution is 5.80. The summed E-state index contributed by atoms with van der Waals surface area (Å²) < 4.78 is 0. The van der Waals surface area contributed by atoms with Crippen LogP contribution in [0.25, 0.3) is 0 Å². The molecule has 1 heterocycles. The third-order valence-corrected chi connectivity index (χ3v) is 3.49. The second-order valence-corrected chi connectivity index (χ2v) is 5.00. The topological polar surface area (TPSA) is 56.1 Å². The molecule has 1 aliphatic rings. The van der Waals surface area contributed by atoms with Gasteiger partial charge in [0.05, 0.1) is 6.21 Å². The molecule has 4 nitrogen and oxygen atoms in total. The van der Waals surface area contributed by atoms with Crippen LogP contribution in [0.1, 0.15) is 38.7 Å². The van der Waals surface area contributed by atoms with E-state index in [-0.39, 0.29) is 11.5 Å². The summed E-state index contributed by atoms with van der Waals surface area (Å²) in [6.07, 6.45) is 5.33. The molecule has 0 saturated carbocycles. The summed E-state index contributed by atoms with van der Waals surface area (Å²) in [6.45, 7) is 4.36. The summed E-state index contributed by atoms with van der Waals surface area (Å²) in [5, 5.41) is 25.3. The zero-order valence-corrected chi connectivity index (χ0v) is 10.9. The molecule has 0 aliphatic carbocycles. The Bertz CT molecular complexity index is 435. The molecule has 98 valence electrons. The number of phenols is 2. The first-order valence-electron chi connectivity index (χ1n) is 6.42. The minimum atomic E-state index is -0.112. The van der Waals surface area contributed by atoms with Crippen LogP contribution in [-0.4, -0.2) is 33.5 Å². The van der Waals surface area contributed by atoms with Gasteiger partial charge in [0, 0.05) is 12.1 Å². The van der Waals surface area contributed by atoms with Crippen LogP contribution in [0.3, 0.4) is 0 Å². The van der Waals surface area contributed by atoms with Gasteiger partial charge in [-0.2, -0.15) is 5.10 Å². The van der Waals surface area contributed by atoms with Gasteiger partial charge in [-0.15, -0.1) is 0 Å². The second kappa shape index (κ2) is 5.29. The molecule has 0 aromatic heterocycles. The number of piperidine rings is 1. The minimum Gasteiger partial charge on any atom is -0.504 e. The highest BCUT2D eigenvalue weighted by Crippen LogP contribution is 2.25. The average molecular weight is 248 g/mol. The van der Waals surface area contributed by atoms with Crippen molar-refractivity contribution in [2.24, 2.45) is 5.10 Å². The Labute approximate surface area is 108 Å². The van der Waals surface area contributed by atoms with Crippen LogP contribution in [0, 0.1) is 0 Å². The fourth-order valence-electron chi connectivity index (χ4n) is 2.39. The van der Waals surface area contributed by atoms with Gasteiger partial charge in [-0.25, -0.2) is 0 Å². The monoisotopic (exact) mass is 248 g/mol. The van der Waals surface area contributed by atoms with Crippen LogP contribution in [0.4, 0.5) is 0 Å². The summed E-state index contributed by atoms with van der Waals surface area (Å²) in [6, 6.07) is 5.63. The number of hydrazone groups is 1. The number of hydrogen-bond donors (Lipinski definition) is 2. The lowest BCUT2D eigenvalue weighted by molar-refractivity contribution is 0.109. The molecule has 18 heavy (non-hydrogen) atoms. The smallest absolute Gasteiger partial charge is 0.158 e. The third kappa shape index (κ3) is 2.75. The first kappa shape index (κ1) is 12.7. The number of phenolic OH excluding ortho intramolecular Hbond substituents is 2. The van der Waals surface area contributed by atoms with Crippen LogP contribution in [-0.2, 0) is 0 Å². The summed E-state index contributed by atoms with van der Waals surface area (Å²) >= 11 is 0. The zero-order valence-electron chi connectivity index (χ0n) is 10.9. The first-order chi connectivity index (χ1) is 8.58. The van der Waals surface area contributed by atoms with Crippen LogP contribution in [0.5, 0.6) is 11.5 Å². The molecular weight excluding hydrogens is 228 g/mol. The SMILES string of the molecule is C[C@@H]1CCC[C@H](C)N1/N=C/c1ccc(O)c(O)c1. The molecule has 2 atom stereocenters. The van der Waals surface area contributed by atoms with Crippen LogP contribution in [0.15, 0.2) is 23.3 Å². The summed E-state index contributed by atoms with van der Waals surface area (Å²) in [4.78, 5) is 0. The van der Waals surface area contributed by atoms with Gasteiger partial charge in [0.1, 0.15) is 0 Å². The van der Waals surface area contributed by atoms with Crippen molar-refractivity contribution in [1.82, 2.24) is 5.01 Å². The fourth-order valence-corrected chi connectivity index (χ4v) is 2.39. The van der Waals surface area contributed by atoms with Crippen molar-refractivity contribution in [2.75, 3.05) is 0 Å². The Hall–Kier alpha value is -1.71.